The number of hydrogen-bond acceptors (Lipinski definition) is 4. The molecule has 0 bridgehead atoms. The van der Waals surface area contributed by atoms with E-state index < -0.39 is 11.6 Å². The average Bonchev–Trinajstić information content (AvgIpc) is 2.40. The minimum Gasteiger partial charge on any atom is -0.480 e. The standard InChI is InChI=1S/C16H28N2O4/c1-15(2,3)22-14(21)18-10-6-16(7-11-18)4-8-17(9-5-16)12-13(19)20/h4-12H2,1-3H3,(H,19,20). The van der Waals surface area contributed by atoms with Gasteiger partial charge in [0.15, 0.2) is 0 Å². The lowest BCUT2D eigenvalue weighted by Gasteiger charge is -2.46. The Balaban J connectivity index is 1.80. The van der Waals surface area contributed by atoms with Crippen LogP contribution in [0.15, 0.2) is 0 Å². The van der Waals surface area contributed by atoms with Crippen LogP contribution in [-0.2, 0) is 9.53 Å². The van der Waals surface area contributed by atoms with Gasteiger partial charge in [-0.25, -0.2) is 4.79 Å². The van der Waals surface area contributed by atoms with Gasteiger partial charge in [0, 0.05) is 13.1 Å². The van der Waals surface area contributed by atoms with Gasteiger partial charge in [-0.3, -0.25) is 9.69 Å². The van der Waals surface area contributed by atoms with E-state index in [0.29, 0.717) is 0 Å². The number of piperidine rings is 2. The van der Waals surface area contributed by atoms with Crippen LogP contribution in [0.25, 0.3) is 0 Å². The number of hydrogen-bond donors (Lipinski definition) is 1. The van der Waals surface area contributed by atoms with Gasteiger partial charge in [-0.15, -0.1) is 0 Å². The van der Waals surface area contributed by atoms with Gasteiger partial charge in [-0.05, 0) is 65.0 Å². The Hall–Kier alpha value is -1.30. The van der Waals surface area contributed by atoms with E-state index in [9.17, 15) is 9.59 Å². The van der Waals surface area contributed by atoms with Crippen molar-refractivity contribution in [1.82, 2.24) is 9.80 Å². The van der Waals surface area contributed by atoms with Crippen molar-refractivity contribution in [1.29, 1.82) is 0 Å². The molecule has 0 radical (unpaired) electrons. The van der Waals surface area contributed by atoms with E-state index in [2.05, 4.69) is 0 Å². The van der Waals surface area contributed by atoms with E-state index in [1.165, 1.54) is 0 Å². The summed E-state index contributed by atoms with van der Waals surface area (Å²) in [6, 6.07) is 0. The molecular formula is C16H28N2O4. The molecule has 22 heavy (non-hydrogen) atoms. The molecule has 0 aromatic carbocycles. The predicted molar refractivity (Wildman–Crippen MR) is 82.8 cm³/mol. The van der Waals surface area contributed by atoms with Gasteiger partial charge < -0.3 is 14.7 Å². The molecule has 2 aliphatic rings. The first-order chi connectivity index (χ1) is 10.2. The average molecular weight is 312 g/mol. The first-order valence-electron chi connectivity index (χ1n) is 8.11. The summed E-state index contributed by atoms with van der Waals surface area (Å²) in [7, 11) is 0. The van der Waals surface area contributed by atoms with Crippen LogP contribution in [-0.4, -0.2) is 65.3 Å². The molecule has 2 aliphatic heterocycles. The maximum Gasteiger partial charge on any atom is 0.410 e. The summed E-state index contributed by atoms with van der Waals surface area (Å²) in [6.07, 6.45) is 3.83. The molecular weight excluding hydrogens is 284 g/mol. The largest absolute Gasteiger partial charge is 0.480 e. The lowest BCUT2D eigenvalue weighted by atomic mass is 9.71. The fraction of sp³-hybridized carbons (Fsp3) is 0.875. The number of carbonyl (C=O) groups is 2. The molecule has 1 N–H and O–H groups in total. The van der Waals surface area contributed by atoms with Crippen LogP contribution in [0.1, 0.15) is 46.5 Å². The third-order valence-electron chi connectivity index (χ3n) is 4.75. The lowest BCUT2D eigenvalue weighted by Crippen LogP contribution is -2.49. The van der Waals surface area contributed by atoms with E-state index in [1.807, 2.05) is 25.7 Å². The van der Waals surface area contributed by atoms with Gasteiger partial charge in [0.2, 0.25) is 0 Å². The zero-order chi connectivity index (χ0) is 16.4. The van der Waals surface area contributed by atoms with E-state index >= 15 is 0 Å². The first-order valence-corrected chi connectivity index (χ1v) is 8.11. The van der Waals surface area contributed by atoms with Crippen LogP contribution in [0.3, 0.4) is 0 Å². The van der Waals surface area contributed by atoms with Crippen molar-refractivity contribution in [3.05, 3.63) is 0 Å². The van der Waals surface area contributed by atoms with Crippen LogP contribution in [0.4, 0.5) is 4.79 Å². The number of ether oxygens (including phenoxy) is 1. The summed E-state index contributed by atoms with van der Waals surface area (Å²) in [4.78, 5) is 26.7. The number of rotatable bonds is 2. The molecule has 0 aromatic heterocycles. The second-order valence-corrected chi connectivity index (χ2v) is 7.64. The Bertz CT molecular complexity index is 412. The molecule has 1 amide bonds. The van der Waals surface area contributed by atoms with Crippen molar-refractivity contribution in [2.45, 2.75) is 52.1 Å². The van der Waals surface area contributed by atoms with Crippen molar-refractivity contribution >= 4 is 12.1 Å². The molecule has 0 aromatic rings. The highest BCUT2D eigenvalue weighted by atomic mass is 16.6. The fourth-order valence-corrected chi connectivity index (χ4v) is 3.37. The maximum absolute atomic E-state index is 12.1. The number of aliphatic carboxylic acids is 1. The summed E-state index contributed by atoms with van der Waals surface area (Å²) in [5.74, 6) is -0.754. The van der Waals surface area contributed by atoms with Gasteiger partial charge in [0.1, 0.15) is 5.60 Å². The molecule has 0 aliphatic carbocycles. The highest BCUT2D eigenvalue weighted by Gasteiger charge is 2.39. The van der Waals surface area contributed by atoms with Gasteiger partial charge in [0.25, 0.3) is 0 Å². The predicted octanol–water partition coefficient (Wildman–Crippen LogP) is 2.18. The van der Waals surface area contributed by atoms with Crippen molar-refractivity contribution in [3.8, 4) is 0 Å². The smallest absolute Gasteiger partial charge is 0.410 e. The summed E-state index contributed by atoms with van der Waals surface area (Å²) < 4.78 is 5.43. The van der Waals surface area contributed by atoms with Crippen molar-refractivity contribution in [2.24, 2.45) is 5.41 Å². The molecule has 2 saturated heterocycles. The Morgan fingerprint density at radius 3 is 2.00 bits per heavy atom. The van der Waals surface area contributed by atoms with E-state index in [-0.39, 0.29) is 18.1 Å². The molecule has 2 rings (SSSR count). The molecule has 2 fully saturated rings. The van der Waals surface area contributed by atoms with Crippen LogP contribution < -0.4 is 0 Å². The van der Waals surface area contributed by atoms with Crippen LogP contribution in [0, 0.1) is 5.41 Å². The van der Waals surface area contributed by atoms with Crippen molar-refractivity contribution in [3.63, 3.8) is 0 Å². The van der Waals surface area contributed by atoms with Crippen molar-refractivity contribution < 1.29 is 19.4 Å². The van der Waals surface area contributed by atoms with Crippen molar-refractivity contribution in [2.75, 3.05) is 32.7 Å². The number of likely N-dealkylation sites (tertiary alicyclic amines) is 2. The summed E-state index contributed by atoms with van der Waals surface area (Å²) in [6.45, 7) is 8.97. The van der Waals surface area contributed by atoms with Gasteiger partial charge in [0.05, 0.1) is 6.54 Å². The summed E-state index contributed by atoms with van der Waals surface area (Å²) >= 11 is 0. The number of carbonyl (C=O) groups excluding carboxylic acids is 1. The minimum absolute atomic E-state index is 0.139. The number of amides is 1. The van der Waals surface area contributed by atoms with Crippen LogP contribution in [0.5, 0.6) is 0 Å². The third kappa shape index (κ3) is 4.60. The zero-order valence-corrected chi connectivity index (χ0v) is 13.9. The summed E-state index contributed by atoms with van der Waals surface area (Å²) in [5, 5.41) is 8.86. The Kier molecular flexibility index (Phi) is 5.00. The molecule has 126 valence electrons. The maximum atomic E-state index is 12.1. The van der Waals surface area contributed by atoms with Gasteiger partial charge in [-0.1, -0.05) is 0 Å². The minimum atomic E-state index is -0.754. The Morgan fingerprint density at radius 2 is 1.55 bits per heavy atom. The highest BCUT2D eigenvalue weighted by molar-refractivity contribution is 5.69. The monoisotopic (exact) mass is 312 g/mol. The normalized spacial score (nSPS) is 22.6. The molecule has 6 heteroatoms. The molecule has 0 saturated carbocycles. The topological polar surface area (TPSA) is 70.1 Å². The number of nitrogens with zero attached hydrogens (tertiary/aromatic N) is 2. The van der Waals surface area contributed by atoms with E-state index in [0.717, 1.165) is 51.9 Å². The second kappa shape index (κ2) is 6.44. The lowest BCUT2D eigenvalue weighted by molar-refractivity contribution is -0.139. The fourth-order valence-electron chi connectivity index (χ4n) is 3.37. The third-order valence-corrected chi connectivity index (χ3v) is 4.75. The highest BCUT2D eigenvalue weighted by Crippen LogP contribution is 2.41. The second-order valence-electron chi connectivity index (χ2n) is 7.64. The Morgan fingerprint density at radius 1 is 1.05 bits per heavy atom. The number of carboxylic acids is 1. The SMILES string of the molecule is CC(C)(C)OC(=O)N1CCC2(CCN(CC(=O)O)CC2)CC1. The summed E-state index contributed by atoms with van der Waals surface area (Å²) in [5.41, 5.74) is -0.165. The van der Waals surface area contributed by atoms with Crippen LogP contribution >= 0.6 is 0 Å². The molecule has 2 heterocycles. The molecule has 0 atom stereocenters. The van der Waals surface area contributed by atoms with Crippen LogP contribution in [0.2, 0.25) is 0 Å². The van der Waals surface area contributed by atoms with E-state index in [1.54, 1.807) is 4.90 Å². The van der Waals surface area contributed by atoms with Gasteiger partial charge in [-0.2, -0.15) is 0 Å². The zero-order valence-electron chi connectivity index (χ0n) is 13.9. The quantitative estimate of drug-likeness (QED) is 0.846. The molecule has 6 nitrogen and oxygen atoms in total. The van der Waals surface area contributed by atoms with Gasteiger partial charge >= 0.3 is 12.1 Å². The molecule has 1 spiro atoms. The first kappa shape index (κ1) is 17.1. The van der Waals surface area contributed by atoms with E-state index in [4.69, 9.17) is 9.84 Å². The Labute approximate surface area is 132 Å². The number of carboxylic acid groups (broad SMARTS) is 1. The molecule has 0 unspecified atom stereocenters.